The number of hydrogen-bond donors (Lipinski definition) is 1. The summed E-state index contributed by atoms with van der Waals surface area (Å²) in [5, 5.41) is 9.54. The maximum Gasteiger partial charge on any atom is 0.238 e. The molecule has 2 aromatic rings. The van der Waals surface area contributed by atoms with E-state index in [1.54, 1.807) is 18.2 Å². The summed E-state index contributed by atoms with van der Waals surface area (Å²) >= 11 is 9.15. The summed E-state index contributed by atoms with van der Waals surface area (Å²) in [4.78, 5) is 7.97. The molecule has 0 aliphatic rings. The van der Waals surface area contributed by atoms with Crippen molar-refractivity contribution in [3.63, 3.8) is 0 Å². The smallest absolute Gasteiger partial charge is 0.238 e. The molecule has 0 bridgehead atoms. The highest BCUT2D eigenvalue weighted by atomic mass is 79.9. The van der Waals surface area contributed by atoms with Gasteiger partial charge in [0.05, 0.1) is 29.2 Å². The van der Waals surface area contributed by atoms with Crippen molar-refractivity contribution in [2.75, 3.05) is 0 Å². The number of rotatable bonds is 3. The summed E-state index contributed by atoms with van der Waals surface area (Å²) in [6.07, 6.45) is 2.95. The second kappa shape index (κ2) is 5.44. The molecular weight excluding hydrogens is 307 g/mol. The molecule has 0 radical (unpaired) electrons. The highest BCUT2D eigenvalue weighted by molar-refractivity contribution is 9.10. The van der Waals surface area contributed by atoms with Gasteiger partial charge in [0, 0.05) is 5.02 Å². The fourth-order valence-electron chi connectivity index (χ4n) is 1.18. The molecule has 0 fully saturated rings. The van der Waals surface area contributed by atoms with E-state index < -0.39 is 0 Å². The maximum atomic E-state index is 8.93. The van der Waals surface area contributed by atoms with Crippen molar-refractivity contribution in [2.45, 2.75) is 6.61 Å². The van der Waals surface area contributed by atoms with E-state index >= 15 is 0 Å². The lowest BCUT2D eigenvalue weighted by Gasteiger charge is -2.07. The monoisotopic (exact) mass is 314 g/mol. The summed E-state index contributed by atoms with van der Waals surface area (Å²) in [6, 6.07) is 5.16. The predicted octanol–water partition coefficient (Wildman–Crippen LogP) is 3.18. The van der Waals surface area contributed by atoms with Crippen LogP contribution in [0.3, 0.4) is 0 Å². The minimum Gasteiger partial charge on any atom is -0.436 e. The molecule has 0 saturated carbocycles. The van der Waals surface area contributed by atoms with E-state index in [0.717, 1.165) is 4.47 Å². The standard InChI is InChI=1S/C11H8BrClN2O2/c12-9-3-7(13)1-2-10(9)17-11-5-14-4-8(6-16)15-11/h1-5,16H,6H2. The fourth-order valence-corrected chi connectivity index (χ4v) is 1.95. The largest absolute Gasteiger partial charge is 0.436 e. The first-order valence-corrected chi connectivity index (χ1v) is 5.91. The Morgan fingerprint density at radius 1 is 1.35 bits per heavy atom. The number of benzene rings is 1. The molecular formula is C11H8BrClN2O2. The molecule has 1 aromatic heterocycles. The third-order valence-electron chi connectivity index (χ3n) is 1.93. The van der Waals surface area contributed by atoms with Crippen LogP contribution in [0.2, 0.25) is 5.02 Å². The van der Waals surface area contributed by atoms with Crippen molar-refractivity contribution in [1.29, 1.82) is 0 Å². The molecule has 2 rings (SSSR count). The molecule has 0 unspecified atom stereocenters. The van der Waals surface area contributed by atoms with Gasteiger partial charge >= 0.3 is 0 Å². The first kappa shape index (κ1) is 12.3. The van der Waals surface area contributed by atoms with E-state index in [9.17, 15) is 0 Å². The first-order chi connectivity index (χ1) is 8.19. The van der Waals surface area contributed by atoms with E-state index in [-0.39, 0.29) is 6.61 Å². The van der Waals surface area contributed by atoms with Crippen LogP contribution in [0.15, 0.2) is 35.1 Å². The third-order valence-corrected chi connectivity index (χ3v) is 2.79. The summed E-state index contributed by atoms with van der Waals surface area (Å²) in [5.74, 6) is 0.901. The maximum absolute atomic E-state index is 8.93. The number of hydrogen-bond acceptors (Lipinski definition) is 4. The van der Waals surface area contributed by atoms with Crippen LogP contribution in [0, 0.1) is 0 Å². The van der Waals surface area contributed by atoms with Crippen LogP contribution in [0.4, 0.5) is 0 Å². The fraction of sp³-hybridized carbons (Fsp3) is 0.0909. The van der Waals surface area contributed by atoms with Gasteiger partial charge in [-0.1, -0.05) is 11.6 Å². The van der Waals surface area contributed by atoms with Gasteiger partial charge in [0.25, 0.3) is 0 Å². The van der Waals surface area contributed by atoms with Gasteiger partial charge in [-0.3, -0.25) is 4.98 Å². The molecule has 6 heteroatoms. The van der Waals surface area contributed by atoms with Crippen molar-refractivity contribution in [3.05, 3.63) is 45.8 Å². The zero-order valence-electron chi connectivity index (χ0n) is 8.60. The molecule has 4 nitrogen and oxygen atoms in total. The van der Waals surface area contributed by atoms with Crippen molar-refractivity contribution in [2.24, 2.45) is 0 Å². The molecule has 1 N–H and O–H groups in total. The Hall–Kier alpha value is -1.17. The molecule has 0 spiro atoms. The Morgan fingerprint density at radius 2 is 2.18 bits per heavy atom. The van der Waals surface area contributed by atoms with Crippen molar-refractivity contribution in [3.8, 4) is 11.6 Å². The number of aliphatic hydroxyl groups is 1. The number of nitrogens with zero attached hydrogens (tertiary/aromatic N) is 2. The van der Waals surface area contributed by atoms with Crippen molar-refractivity contribution >= 4 is 27.5 Å². The molecule has 0 atom stereocenters. The van der Waals surface area contributed by atoms with Crippen LogP contribution >= 0.6 is 27.5 Å². The second-order valence-electron chi connectivity index (χ2n) is 3.18. The highest BCUT2D eigenvalue weighted by Crippen LogP contribution is 2.30. The van der Waals surface area contributed by atoms with E-state index in [4.69, 9.17) is 21.4 Å². The lowest BCUT2D eigenvalue weighted by atomic mass is 10.3. The molecule has 0 aliphatic carbocycles. The first-order valence-electron chi connectivity index (χ1n) is 4.73. The van der Waals surface area contributed by atoms with Gasteiger partial charge in [0.15, 0.2) is 0 Å². The number of halogens is 2. The average molecular weight is 316 g/mol. The molecule has 88 valence electrons. The zero-order chi connectivity index (χ0) is 12.3. The van der Waals surface area contributed by atoms with E-state index in [1.165, 1.54) is 12.4 Å². The van der Waals surface area contributed by atoms with Gasteiger partial charge in [-0.05, 0) is 34.1 Å². The zero-order valence-corrected chi connectivity index (χ0v) is 10.9. The summed E-state index contributed by atoms with van der Waals surface area (Å²) in [5.41, 5.74) is 0.451. The van der Waals surface area contributed by atoms with E-state index in [0.29, 0.717) is 22.3 Å². The number of aromatic nitrogens is 2. The summed E-state index contributed by atoms with van der Waals surface area (Å²) < 4.78 is 6.24. The summed E-state index contributed by atoms with van der Waals surface area (Å²) in [7, 11) is 0. The quantitative estimate of drug-likeness (QED) is 0.945. The van der Waals surface area contributed by atoms with Gasteiger partial charge < -0.3 is 9.84 Å². The van der Waals surface area contributed by atoms with Gasteiger partial charge in [-0.15, -0.1) is 0 Å². The highest BCUT2D eigenvalue weighted by Gasteiger charge is 2.05. The molecule has 1 heterocycles. The summed E-state index contributed by atoms with van der Waals surface area (Å²) in [6.45, 7) is -0.175. The molecule has 0 amide bonds. The second-order valence-corrected chi connectivity index (χ2v) is 4.47. The Kier molecular flexibility index (Phi) is 3.93. The normalized spacial score (nSPS) is 10.3. The third kappa shape index (κ3) is 3.15. The Labute approximate surface area is 111 Å². The molecule has 1 aromatic carbocycles. The number of ether oxygens (including phenoxy) is 1. The van der Waals surface area contributed by atoms with Crippen LogP contribution in [0.25, 0.3) is 0 Å². The topological polar surface area (TPSA) is 55.2 Å². The van der Waals surface area contributed by atoms with Crippen LogP contribution in [0.1, 0.15) is 5.69 Å². The molecule has 0 aliphatic heterocycles. The van der Waals surface area contributed by atoms with Crippen LogP contribution in [0.5, 0.6) is 11.6 Å². The van der Waals surface area contributed by atoms with Gasteiger partial charge in [0.2, 0.25) is 5.88 Å². The van der Waals surface area contributed by atoms with Gasteiger partial charge in [-0.2, -0.15) is 0 Å². The average Bonchev–Trinajstić information content (AvgIpc) is 2.33. The van der Waals surface area contributed by atoms with Gasteiger partial charge in [0.1, 0.15) is 5.75 Å². The lowest BCUT2D eigenvalue weighted by molar-refractivity contribution is 0.274. The van der Waals surface area contributed by atoms with E-state index in [2.05, 4.69) is 25.9 Å². The van der Waals surface area contributed by atoms with Crippen LogP contribution in [-0.4, -0.2) is 15.1 Å². The Morgan fingerprint density at radius 3 is 2.88 bits per heavy atom. The Balaban J connectivity index is 2.25. The number of aliphatic hydroxyl groups excluding tert-OH is 1. The van der Waals surface area contributed by atoms with Crippen molar-refractivity contribution < 1.29 is 9.84 Å². The lowest BCUT2D eigenvalue weighted by Crippen LogP contribution is -1.95. The molecule has 0 saturated heterocycles. The van der Waals surface area contributed by atoms with Crippen LogP contribution in [-0.2, 0) is 6.61 Å². The minimum absolute atomic E-state index is 0.175. The molecule has 17 heavy (non-hydrogen) atoms. The van der Waals surface area contributed by atoms with Gasteiger partial charge in [-0.25, -0.2) is 4.98 Å². The predicted molar refractivity (Wildman–Crippen MR) is 67.2 cm³/mol. The Bertz CT molecular complexity index is 537. The van der Waals surface area contributed by atoms with E-state index in [1.807, 2.05) is 0 Å². The van der Waals surface area contributed by atoms with Crippen molar-refractivity contribution in [1.82, 2.24) is 9.97 Å². The minimum atomic E-state index is -0.175. The van der Waals surface area contributed by atoms with Crippen LogP contribution < -0.4 is 4.74 Å². The SMILES string of the molecule is OCc1cncc(Oc2ccc(Cl)cc2Br)n1.